The van der Waals surface area contributed by atoms with Gasteiger partial charge in [-0.1, -0.05) is 17.7 Å². The third-order valence-corrected chi connectivity index (χ3v) is 5.34. The monoisotopic (exact) mass is 391 g/mol. The topological polar surface area (TPSA) is 71.1 Å². The van der Waals surface area contributed by atoms with Crippen molar-refractivity contribution < 1.29 is 9.59 Å². The van der Waals surface area contributed by atoms with E-state index in [-0.39, 0.29) is 11.8 Å². The predicted octanol–water partition coefficient (Wildman–Crippen LogP) is 4.41. The molecule has 25 heavy (non-hydrogen) atoms. The van der Waals surface area contributed by atoms with Crippen molar-refractivity contribution in [2.24, 2.45) is 0 Å². The summed E-state index contributed by atoms with van der Waals surface area (Å²) in [5.74, 6) is -0.310. The Morgan fingerprint density at radius 3 is 2.84 bits per heavy atom. The van der Waals surface area contributed by atoms with Crippen molar-refractivity contribution >= 4 is 51.2 Å². The summed E-state index contributed by atoms with van der Waals surface area (Å²) in [6.45, 7) is 1.99. The van der Waals surface area contributed by atoms with E-state index in [1.165, 1.54) is 18.3 Å². The van der Waals surface area contributed by atoms with Gasteiger partial charge in [-0.2, -0.15) is 0 Å². The Bertz CT molecular complexity index is 920. The summed E-state index contributed by atoms with van der Waals surface area (Å²) in [4.78, 5) is 29.7. The van der Waals surface area contributed by atoms with Gasteiger partial charge in [0.1, 0.15) is 0 Å². The molecule has 1 aromatic carbocycles. The molecular weight excluding hydrogens is 378 g/mol. The van der Waals surface area contributed by atoms with Gasteiger partial charge in [0.25, 0.3) is 5.91 Å². The fraction of sp³-hybridized carbons (Fsp3) is 0.118. The SMILES string of the molecule is CC(=O)NCc1ccc(-c2csc(NC(=O)c3cccc(Cl)c3)n2)s1. The highest BCUT2D eigenvalue weighted by atomic mass is 35.5. The van der Waals surface area contributed by atoms with Crippen LogP contribution in [0.3, 0.4) is 0 Å². The summed E-state index contributed by atoms with van der Waals surface area (Å²) in [6, 6.07) is 10.7. The van der Waals surface area contributed by atoms with E-state index in [4.69, 9.17) is 11.6 Å². The van der Waals surface area contributed by atoms with Gasteiger partial charge in [-0.25, -0.2) is 4.98 Å². The smallest absolute Gasteiger partial charge is 0.257 e. The molecule has 0 fully saturated rings. The molecule has 0 radical (unpaired) electrons. The minimum atomic E-state index is -0.249. The van der Waals surface area contributed by atoms with Gasteiger partial charge < -0.3 is 5.32 Å². The lowest BCUT2D eigenvalue weighted by atomic mass is 10.2. The van der Waals surface area contributed by atoms with E-state index in [2.05, 4.69) is 15.6 Å². The van der Waals surface area contributed by atoms with Crippen molar-refractivity contribution in [1.29, 1.82) is 0 Å². The van der Waals surface area contributed by atoms with Crippen LogP contribution in [-0.2, 0) is 11.3 Å². The fourth-order valence-corrected chi connectivity index (χ4v) is 3.94. The molecule has 0 aliphatic rings. The lowest BCUT2D eigenvalue weighted by molar-refractivity contribution is -0.119. The quantitative estimate of drug-likeness (QED) is 0.676. The van der Waals surface area contributed by atoms with Crippen molar-refractivity contribution in [2.45, 2.75) is 13.5 Å². The number of halogens is 1. The first-order valence-corrected chi connectivity index (χ1v) is 9.44. The Morgan fingerprint density at radius 1 is 1.24 bits per heavy atom. The lowest BCUT2D eigenvalue weighted by Crippen LogP contribution is -2.17. The third kappa shape index (κ3) is 4.66. The average Bonchev–Trinajstić information content (AvgIpc) is 3.22. The molecule has 0 spiro atoms. The molecule has 3 aromatic rings. The summed E-state index contributed by atoms with van der Waals surface area (Å²) in [6.07, 6.45) is 0. The first-order chi connectivity index (χ1) is 12.0. The number of hydrogen-bond donors (Lipinski definition) is 2. The van der Waals surface area contributed by atoms with E-state index < -0.39 is 0 Å². The number of carbonyl (C=O) groups excluding carboxylic acids is 2. The Morgan fingerprint density at radius 2 is 2.08 bits per heavy atom. The minimum Gasteiger partial charge on any atom is -0.351 e. The number of hydrogen-bond acceptors (Lipinski definition) is 5. The molecule has 0 aliphatic carbocycles. The van der Waals surface area contributed by atoms with Crippen LogP contribution in [0, 0.1) is 0 Å². The number of benzene rings is 1. The molecule has 128 valence electrons. The molecule has 0 saturated carbocycles. The molecule has 2 heterocycles. The van der Waals surface area contributed by atoms with Gasteiger partial charge in [-0.05, 0) is 30.3 Å². The molecule has 2 aromatic heterocycles. The van der Waals surface area contributed by atoms with Crippen LogP contribution >= 0.6 is 34.3 Å². The number of nitrogens with one attached hydrogen (secondary N) is 2. The first-order valence-electron chi connectivity index (χ1n) is 7.37. The third-order valence-electron chi connectivity index (χ3n) is 3.24. The molecule has 8 heteroatoms. The minimum absolute atomic E-state index is 0.0605. The number of carbonyl (C=O) groups is 2. The Hall–Kier alpha value is -2.22. The summed E-state index contributed by atoms with van der Waals surface area (Å²) in [5.41, 5.74) is 1.28. The van der Waals surface area contributed by atoms with E-state index >= 15 is 0 Å². The number of aromatic nitrogens is 1. The standard InChI is InChI=1S/C17H14ClN3O2S2/c1-10(22)19-8-13-5-6-15(25-13)14-9-24-17(20-14)21-16(23)11-3-2-4-12(18)7-11/h2-7,9H,8H2,1H3,(H,19,22)(H,20,21,23). The van der Waals surface area contributed by atoms with Crippen LogP contribution in [0.1, 0.15) is 22.2 Å². The van der Waals surface area contributed by atoms with E-state index in [0.717, 1.165) is 15.4 Å². The number of rotatable bonds is 5. The van der Waals surface area contributed by atoms with E-state index in [9.17, 15) is 9.59 Å². The molecule has 2 N–H and O–H groups in total. The molecule has 2 amide bonds. The second kappa shape index (κ2) is 7.77. The lowest BCUT2D eigenvalue weighted by Gasteiger charge is -2.01. The largest absolute Gasteiger partial charge is 0.351 e. The maximum atomic E-state index is 12.2. The first kappa shape index (κ1) is 17.6. The highest BCUT2D eigenvalue weighted by Gasteiger charge is 2.12. The van der Waals surface area contributed by atoms with Gasteiger partial charge in [0.2, 0.25) is 5.91 Å². The summed E-state index contributed by atoms with van der Waals surface area (Å²) in [5, 5.41) is 8.47. The second-order valence-electron chi connectivity index (χ2n) is 5.18. The Kier molecular flexibility index (Phi) is 5.47. The maximum absolute atomic E-state index is 12.2. The van der Waals surface area contributed by atoms with Crippen molar-refractivity contribution in [3.63, 3.8) is 0 Å². The molecule has 3 rings (SSSR count). The Labute approximate surface area is 157 Å². The second-order valence-corrected chi connectivity index (χ2v) is 7.64. The molecule has 5 nitrogen and oxygen atoms in total. The number of thiophene rings is 1. The van der Waals surface area contributed by atoms with E-state index in [1.807, 2.05) is 17.5 Å². The maximum Gasteiger partial charge on any atom is 0.257 e. The van der Waals surface area contributed by atoms with Gasteiger partial charge in [-0.3, -0.25) is 14.9 Å². The number of nitrogens with zero attached hydrogens (tertiary/aromatic N) is 1. The van der Waals surface area contributed by atoms with Crippen LogP contribution in [0.25, 0.3) is 10.6 Å². The van der Waals surface area contributed by atoms with Gasteiger partial charge in [0.15, 0.2) is 5.13 Å². The molecule has 0 unspecified atom stereocenters. The highest BCUT2D eigenvalue weighted by Crippen LogP contribution is 2.31. The van der Waals surface area contributed by atoms with Crippen molar-refractivity contribution in [1.82, 2.24) is 10.3 Å². The molecular formula is C17H14ClN3O2S2. The van der Waals surface area contributed by atoms with Crippen molar-refractivity contribution in [2.75, 3.05) is 5.32 Å². The van der Waals surface area contributed by atoms with Gasteiger partial charge in [0, 0.05) is 27.8 Å². The number of thiazole rings is 1. The van der Waals surface area contributed by atoms with Crippen molar-refractivity contribution in [3.8, 4) is 10.6 Å². The predicted molar refractivity (Wildman–Crippen MR) is 102 cm³/mol. The zero-order chi connectivity index (χ0) is 17.8. The van der Waals surface area contributed by atoms with Crippen LogP contribution in [0.2, 0.25) is 5.02 Å². The highest BCUT2D eigenvalue weighted by molar-refractivity contribution is 7.17. The van der Waals surface area contributed by atoms with Crippen molar-refractivity contribution in [3.05, 3.63) is 57.2 Å². The van der Waals surface area contributed by atoms with E-state index in [1.54, 1.807) is 35.6 Å². The number of anilines is 1. The zero-order valence-electron chi connectivity index (χ0n) is 13.2. The molecule has 0 atom stereocenters. The summed E-state index contributed by atoms with van der Waals surface area (Å²) in [7, 11) is 0. The summed E-state index contributed by atoms with van der Waals surface area (Å²) >= 11 is 8.82. The zero-order valence-corrected chi connectivity index (χ0v) is 15.6. The van der Waals surface area contributed by atoms with Crippen LogP contribution in [-0.4, -0.2) is 16.8 Å². The average molecular weight is 392 g/mol. The summed E-state index contributed by atoms with van der Waals surface area (Å²) < 4.78 is 0. The number of amides is 2. The van der Waals surface area contributed by atoms with Crippen LogP contribution in [0.4, 0.5) is 5.13 Å². The van der Waals surface area contributed by atoms with Crippen LogP contribution < -0.4 is 10.6 Å². The van der Waals surface area contributed by atoms with Gasteiger partial charge >= 0.3 is 0 Å². The molecule has 0 aliphatic heterocycles. The molecule has 0 bridgehead atoms. The Balaban J connectivity index is 1.68. The van der Waals surface area contributed by atoms with Gasteiger partial charge in [-0.15, -0.1) is 22.7 Å². The molecule has 0 saturated heterocycles. The fourth-order valence-electron chi connectivity index (χ4n) is 2.07. The normalized spacial score (nSPS) is 10.5. The van der Waals surface area contributed by atoms with Crippen LogP contribution in [0.15, 0.2) is 41.8 Å². The van der Waals surface area contributed by atoms with Crippen LogP contribution in [0.5, 0.6) is 0 Å². The van der Waals surface area contributed by atoms with Gasteiger partial charge in [0.05, 0.1) is 17.1 Å². The van der Waals surface area contributed by atoms with E-state index in [0.29, 0.717) is 22.3 Å².